The summed E-state index contributed by atoms with van der Waals surface area (Å²) in [6, 6.07) is 10.9. The molecule has 0 aliphatic heterocycles. The number of nitrogens with zero attached hydrogens (tertiary/aromatic N) is 1. The molecule has 0 aliphatic rings. The molecule has 2 N–H and O–H groups in total. The lowest BCUT2D eigenvalue weighted by Gasteiger charge is -2.13. The Hall–Kier alpha value is -1.37. The van der Waals surface area contributed by atoms with Gasteiger partial charge in [0.2, 0.25) is 0 Å². The van der Waals surface area contributed by atoms with Crippen molar-refractivity contribution in [3.63, 3.8) is 0 Å². The predicted octanol–water partition coefficient (Wildman–Crippen LogP) is 0.647. The van der Waals surface area contributed by atoms with Crippen LogP contribution >= 0.6 is 0 Å². The van der Waals surface area contributed by atoms with E-state index in [2.05, 4.69) is 0 Å². The van der Waals surface area contributed by atoms with Crippen molar-refractivity contribution in [2.45, 2.75) is 12.0 Å². The van der Waals surface area contributed by atoms with Crippen molar-refractivity contribution in [2.75, 3.05) is 6.61 Å². The lowest BCUT2D eigenvalue weighted by Crippen LogP contribution is -2.21. The van der Waals surface area contributed by atoms with Gasteiger partial charge in [-0.2, -0.15) is 5.26 Å². The van der Waals surface area contributed by atoms with Gasteiger partial charge >= 0.3 is 0 Å². The van der Waals surface area contributed by atoms with Gasteiger partial charge in [-0.25, -0.2) is 0 Å². The van der Waals surface area contributed by atoms with Crippen LogP contribution in [0.15, 0.2) is 30.3 Å². The van der Waals surface area contributed by atoms with Gasteiger partial charge in [-0.15, -0.1) is 0 Å². The molecule has 13 heavy (non-hydrogen) atoms. The molecule has 1 aromatic rings. The van der Waals surface area contributed by atoms with E-state index in [1.165, 1.54) is 0 Å². The molecule has 0 fully saturated rings. The third kappa shape index (κ3) is 2.28. The molecule has 2 atom stereocenters. The van der Waals surface area contributed by atoms with Gasteiger partial charge in [0.25, 0.3) is 0 Å². The molecule has 68 valence electrons. The predicted molar refractivity (Wildman–Crippen MR) is 47.9 cm³/mol. The third-order valence-electron chi connectivity index (χ3n) is 1.87. The minimum absolute atomic E-state index is 0.396. The van der Waals surface area contributed by atoms with Crippen LogP contribution in [-0.2, 0) is 0 Å². The maximum absolute atomic E-state index is 9.30. The van der Waals surface area contributed by atoms with Crippen LogP contribution < -0.4 is 0 Å². The highest BCUT2D eigenvalue weighted by Gasteiger charge is 2.19. The largest absolute Gasteiger partial charge is 0.394 e. The van der Waals surface area contributed by atoms with Crippen molar-refractivity contribution in [2.24, 2.45) is 0 Å². The second-order valence-electron chi connectivity index (χ2n) is 2.77. The second kappa shape index (κ2) is 4.61. The van der Waals surface area contributed by atoms with E-state index in [-0.39, 0.29) is 0 Å². The number of rotatable bonds is 3. The molecule has 0 saturated carbocycles. The molecular formula is C10H11NO2. The molecule has 0 amide bonds. The maximum Gasteiger partial charge on any atom is 0.0994 e. The SMILES string of the molecule is N#CC(c1ccccc1)C(O)CO. The molecule has 0 aromatic heterocycles. The zero-order valence-electron chi connectivity index (χ0n) is 7.09. The van der Waals surface area contributed by atoms with Crippen LogP contribution in [0.3, 0.4) is 0 Å². The van der Waals surface area contributed by atoms with Gasteiger partial charge in [-0.1, -0.05) is 30.3 Å². The third-order valence-corrected chi connectivity index (χ3v) is 1.87. The number of nitriles is 1. The summed E-state index contributed by atoms with van der Waals surface area (Å²) in [4.78, 5) is 0. The topological polar surface area (TPSA) is 64.2 Å². The highest BCUT2D eigenvalue weighted by Crippen LogP contribution is 2.18. The Labute approximate surface area is 76.9 Å². The Balaban J connectivity index is 2.86. The summed E-state index contributed by atoms with van der Waals surface area (Å²) < 4.78 is 0. The van der Waals surface area contributed by atoms with Crippen LogP contribution in [0.25, 0.3) is 0 Å². The zero-order chi connectivity index (χ0) is 9.68. The molecule has 0 aliphatic carbocycles. The monoisotopic (exact) mass is 177 g/mol. The first-order chi connectivity index (χ1) is 6.29. The number of hydrogen-bond acceptors (Lipinski definition) is 3. The average molecular weight is 177 g/mol. The van der Waals surface area contributed by atoms with Crippen LogP contribution in [0.4, 0.5) is 0 Å². The van der Waals surface area contributed by atoms with Crippen LogP contribution in [0, 0.1) is 11.3 Å². The van der Waals surface area contributed by atoms with Crippen molar-refractivity contribution in [1.82, 2.24) is 0 Å². The summed E-state index contributed by atoms with van der Waals surface area (Å²) in [6.07, 6.45) is -1.01. The van der Waals surface area contributed by atoms with E-state index in [1.54, 1.807) is 24.3 Å². The van der Waals surface area contributed by atoms with Gasteiger partial charge in [0.05, 0.1) is 24.7 Å². The quantitative estimate of drug-likeness (QED) is 0.712. The van der Waals surface area contributed by atoms with Crippen molar-refractivity contribution in [1.29, 1.82) is 5.26 Å². The number of benzene rings is 1. The molecule has 1 aromatic carbocycles. The molecule has 3 nitrogen and oxygen atoms in total. The molecular weight excluding hydrogens is 166 g/mol. The number of aliphatic hydroxyl groups is 2. The maximum atomic E-state index is 9.30. The first kappa shape index (κ1) is 9.72. The summed E-state index contributed by atoms with van der Waals surface area (Å²) in [7, 11) is 0. The van der Waals surface area contributed by atoms with Crippen molar-refractivity contribution < 1.29 is 10.2 Å². The molecule has 1 rings (SSSR count). The lowest BCUT2D eigenvalue weighted by molar-refractivity contribution is 0.0857. The highest BCUT2D eigenvalue weighted by atomic mass is 16.3. The summed E-state index contributed by atoms with van der Waals surface area (Å²) in [5, 5.41) is 26.8. The average Bonchev–Trinajstić information content (AvgIpc) is 2.20. The van der Waals surface area contributed by atoms with Crippen molar-refractivity contribution >= 4 is 0 Å². The fourth-order valence-electron chi connectivity index (χ4n) is 1.15. The fraction of sp³-hybridized carbons (Fsp3) is 0.300. The first-order valence-electron chi connectivity index (χ1n) is 4.03. The fourth-order valence-corrected chi connectivity index (χ4v) is 1.15. The van der Waals surface area contributed by atoms with Crippen molar-refractivity contribution in [3.05, 3.63) is 35.9 Å². The van der Waals surface area contributed by atoms with Crippen LogP contribution in [0.5, 0.6) is 0 Å². The number of aliphatic hydroxyl groups excluding tert-OH is 2. The first-order valence-corrected chi connectivity index (χ1v) is 4.03. The molecule has 2 unspecified atom stereocenters. The number of hydrogen-bond donors (Lipinski definition) is 2. The molecule has 0 heterocycles. The minimum Gasteiger partial charge on any atom is -0.394 e. The van der Waals surface area contributed by atoms with Crippen LogP contribution in [0.2, 0.25) is 0 Å². The van der Waals surface area contributed by atoms with Gasteiger partial charge in [0.1, 0.15) is 0 Å². The highest BCUT2D eigenvalue weighted by molar-refractivity contribution is 5.26. The summed E-state index contributed by atoms with van der Waals surface area (Å²) in [6.45, 7) is -0.396. The van der Waals surface area contributed by atoms with Crippen LogP contribution in [-0.4, -0.2) is 22.9 Å². The van der Waals surface area contributed by atoms with E-state index in [9.17, 15) is 5.11 Å². The lowest BCUT2D eigenvalue weighted by atomic mass is 9.95. The smallest absolute Gasteiger partial charge is 0.0994 e. The van der Waals surface area contributed by atoms with E-state index < -0.39 is 18.6 Å². The van der Waals surface area contributed by atoms with E-state index >= 15 is 0 Å². The standard InChI is InChI=1S/C10H11NO2/c11-6-9(10(13)7-12)8-4-2-1-3-5-8/h1-5,9-10,12-13H,7H2. The van der Waals surface area contributed by atoms with Crippen molar-refractivity contribution in [3.8, 4) is 6.07 Å². The molecule has 0 bridgehead atoms. The Morgan fingerprint density at radius 2 is 1.92 bits per heavy atom. The molecule has 3 heteroatoms. The Morgan fingerprint density at radius 1 is 1.31 bits per heavy atom. The summed E-state index contributed by atoms with van der Waals surface area (Å²) >= 11 is 0. The molecule has 0 radical (unpaired) electrons. The summed E-state index contributed by atoms with van der Waals surface area (Å²) in [5.74, 6) is -0.647. The van der Waals surface area contributed by atoms with Gasteiger partial charge in [0.15, 0.2) is 0 Å². The van der Waals surface area contributed by atoms with E-state index in [4.69, 9.17) is 10.4 Å². The molecule has 0 saturated heterocycles. The second-order valence-corrected chi connectivity index (χ2v) is 2.77. The van der Waals surface area contributed by atoms with E-state index in [0.717, 1.165) is 5.56 Å². The van der Waals surface area contributed by atoms with Gasteiger partial charge in [-0.05, 0) is 5.56 Å². The van der Waals surface area contributed by atoms with Crippen LogP contribution in [0.1, 0.15) is 11.5 Å². The summed E-state index contributed by atoms with van der Waals surface area (Å²) in [5.41, 5.74) is 0.728. The normalized spacial score (nSPS) is 14.5. The van der Waals surface area contributed by atoms with E-state index in [1.807, 2.05) is 12.1 Å². The van der Waals surface area contributed by atoms with E-state index in [0.29, 0.717) is 0 Å². The van der Waals surface area contributed by atoms with Gasteiger partial charge < -0.3 is 10.2 Å². The van der Waals surface area contributed by atoms with Gasteiger partial charge in [-0.3, -0.25) is 0 Å². The Bertz CT molecular complexity index is 292. The molecule has 0 spiro atoms. The Morgan fingerprint density at radius 3 is 2.38 bits per heavy atom. The van der Waals surface area contributed by atoms with Gasteiger partial charge in [0, 0.05) is 0 Å². The minimum atomic E-state index is -1.01. The Kier molecular flexibility index (Phi) is 3.44. The zero-order valence-corrected chi connectivity index (χ0v) is 7.09.